The molecule has 0 radical (unpaired) electrons. The van der Waals surface area contributed by atoms with Gasteiger partial charge in [-0.3, -0.25) is 9.52 Å². The maximum atomic E-state index is 11.8. The molecule has 0 saturated carbocycles. The number of halogens is 1. The first-order chi connectivity index (χ1) is 9.10. The van der Waals surface area contributed by atoms with Crippen molar-refractivity contribution in [2.24, 2.45) is 0 Å². The molecule has 1 N–H and O–H groups in total. The van der Waals surface area contributed by atoms with E-state index in [1.54, 1.807) is 19.4 Å². The summed E-state index contributed by atoms with van der Waals surface area (Å²) in [6, 6.07) is 3.59. The number of hydrogen-bond donors (Lipinski definition) is 1. The summed E-state index contributed by atoms with van der Waals surface area (Å²) in [5, 5.41) is 5.33. The highest BCUT2D eigenvalue weighted by Crippen LogP contribution is 2.31. The Morgan fingerprint density at radius 1 is 1.47 bits per heavy atom. The number of nitrogens with one attached hydrogen (secondary N) is 1. The van der Waals surface area contributed by atoms with Gasteiger partial charge < -0.3 is 4.74 Å². The molecule has 0 spiro atoms. The first-order valence-corrected chi connectivity index (χ1v) is 7.20. The molecule has 2 heterocycles. The molecule has 1 amide bonds. The molecule has 8 heteroatoms. The van der Waals surface area contributed by atoms with Gasteiger partial charge >= 0.3 is 0 Å². The first-order valence-electron chi connectivity index (χ1n) is 5.26. The molecule has 1 aromatic heterocycles. The number of aromatic nitrogens is 2. The summed E-state index contributed by atoms with van der Waals surface area (Å²) in [5.41, 5.74) is 0.710. The molecule has 1 aromatic carbocycles. The van der Waals surface area contributed by atoms with E-state index in [0.29, 0.717) is 16.3 Å². The maximum Gasteiger partial charge on any atom is 0.258 e. The molecule has 0 saturated heterocycles. The van der Waals surface area contributed by atoms with Crippen LogP contribution in [0.1, 0.15) is 0 Å². The van der Waals surface area contributed by atoms with Crippen LogP contribution in [0.3, 0.4) is 0 Å². The number of nitrogens with zero attached hydrogens (tertiary/aromatic N) is 2. The Kier molecular flexibility index (Phi) is 2.90. The van der Waals surface area contributed by atoms with Crippen LogP contribution < -0.4 is 9.46 Å². The highest BCUT2D eigenvalue weighted by molar-refractivity contribution is 9.10. The molecule has 0 bridgehead atoms. The molecule has 98 valence electrons. The number of carbonyl (C=O) groups excluding carboxylic acids is 1. The summed E-state index contributed by atoms with van der Waals surface area (Å²) in [6.45, 7) is 0. The topological polar surface area (TPSA) is 73.2 Å². The lowest BCUT2D eigenvalue weighted by molar-refractivity contribution is -0.114. The highest BCUT2D eigenvalue weighted by Gasteiger charge is 2.23. The van der Waals surface area contributed by atoms with Crippen LogP contribution in [0.15, 0.2) is 28.9 Å². The molecule has 1 aliphatic rings. The molecule has 0 aliphatic carbocycles. The monoisotopic (exact) mass is 341 g/mol. The molecular weight excluding hydrogens is 334 g/mol. The molecule has 0 fully saturated rings. The lowest BCUT2D eigenvalue weighted by Gasteiger charge is -2.05. The Balaban J connectivity index is 2.25. The van der Waals surface area contributed by atoms with Gasteiger partial charge in [-0.25, -0.2) is 8.89 Å². The third kappa shape index (κ3) is 1.96. The second-order valence-corrected chi connectivity index (χ2v) is 5.83. The van der Waals surface area contributed by atoms with Gasteiger partial charge in [-0.1, -0.05) is 0 Å². The fourth-order valence-electron chi connectivity index (χ4n) is 1.83. The third-order valence-electron chi connectivity index (χ3n) is 2.69. The van der Waals surface area contributed by atoms with Crippen LogP contribution >= 0.6 is 15.9 Å². The zero-order chi connectivity index (χ0) is 13.6. The molecule has 6 nitrogen and oxygen atoms in total. The van der Waals surface area contributed by atoms with Crippen LogP contribution in [-0.2, 0) is 15.8 Å². The van der Waals surface area contributed by atoms with E-state index in [-0.39, 0.29) is 5.91 Å². The summed E-state index contributed by atoms with van der Waals surface area (Å²) in [5.74, 6) is 0.253. The minimum Gasteiger partial charge on any atom is -0.497 e. The average Bonchev–Trinajstić information content (AvgIpc) is 2.92. The van der Waals surface area contributed by atoms with Gasteiger partial charge in [0.05, 0.1) is 18.8 Å². The largest absolute Gasteiger partial charge is 0.497 e. The van der Waals surface area contributed by atoms with E-state index >= 15 is 0 Å². The van der Waals surface area contributed by atoms with Crippen LogP contribution in [0.5, 0.6) is 5.75 Å². The second-order valence-electron chi connectivity index (χ2n) is 3.82. The number of amides is 1. The van der Waals surface area contributed by atoms with Crippen molar-refractivity contribution < 1.29 is 13.7 Å². The third-order valence-corrected chi connectivity index (χ3v) is 4.41. The predicted octanol–water partition coefficient (Wildman–Crippen LogP) is 1.40. The number of benzene rings is 1. The van der Waals surface area contributed by atoms with Crippen molar-refractivity contribution in [2.75, 3.05) is 7.11 Å². The molecule has 2 aromatic rings. The smallest absolute Gasteiger partial charge is 0.258 e. The Bertz CT molecular complexity index is 753. The van der Waals surface area contributed by atoms with Gasteiger partial charge in [0.15, 0.2) is 16.0 Å². The van der Waals surface area contributed by atoms with Crippen molar-refractivity contribution in [3.63, 3.8) is 0 Å². The Morgan fingerprint density at radius 3 is 2.89 bits per heavy atom. The Morgan fingerprint density at radius 2 is 2.26 bits per heavy atom. The lowest BCUT2D eigenvalue weighted by atomic mass is 10.2. The fourth-order valence-corrected chi connectivity index (χ4v) is 3.23. The van der Waals surface area contributed by atoms with Gasteiger partial charge in [0.2, 0.25) is 0 Å². The van der Waals surface area contributed by atoms with Crippen LogP contribution in [0, 0.1) is 0 Å². The Labute approximate surface area is 119 Å². The van der Waals surface area contributed by atoms with Gasteiger partial charge in [0.1, 0.15) is 5.75 Å². The number of rotatable bonds is 2. The molecular formula is C11H8BrN3O3S. The predicted molar refractivity (Wildman–Crippen MR) is 74.5 cm³/mol. The molecule has 3 rings (SSSR count). The number of hydrogen-bond acceptors (Lipinski definition) is 4. The molecule has 19 heavy (non-hydrogen) atoms. The first kappa shape index (κ1) is 12.4. The second kappa shape index (κ2) is 4.46. The standard InChI is InChI=1S/C11H8BrN3O3S/c1-18-6-2-8(12)7-5-13-15(9(7)3-6)11-4-10(16)14-19(11)17/h2-5H,1H3,(H,14,16). The fraction of sp³-hybridized carbons (Fsp3) is 0.0909. The summed E-state index contributed by atoms with van der Waals surface area (Å²) in [6.07, 6.45) is 2.91. The summed E-state index contributed by atoms with van der Waals surface area (Å²) >= 11 is 3.43. The zero-order valence-electron chi connectivity index (χ0n) is 9.71. The van der Waals surface area contributed by atoms with Crippen LogP contribution in [0.2, 0.25) is 0 Å². The van der Waals surface area contributed by atoms with Crippen LogP contribution in [0.4, 0.5) is 0 Å². The summed E-state index contributed by atoms with van der Waals surface area (Å²) < 4.78 is 21.5. The van der Waals surface area contributed by atoms with E-state index < -0.39 is 11.0 Å². The highest BCUT2D eigenvalue weighted by atomic mass is 79.9. The van der Waals surface area contributed by atoms with Gasteiger partial charge in [-0.2, -0.15) is 5.10 Å². The van der Waals surface area contributed by atoms with Gasteiger partial charge in [0.25, 0.3) is 5.91 Å². The van der Waals surface area contributed by atoms with Crippen molar-refractivity contribution >= 4 is 48.8 Å². The van der Waals surface area contributed by atoms with Crippen LogP contribution in [0.25, 0.3) is 15.9 Å². The number of carbonyl (C=O) groups is 1. The minimum absolute atomic E-state index is 0.306. The average molecular weight is 342 g/mol. The van der Waals surface area contributed by atoms with Gasteiger partial charge in [0, 0.05) is 22.0 Å². The maximum absolute atomic E-state index is 11.8. The SMILES string of the molecule is COc1cc(Br)c2cnn(C3=CC(=O)NS3=O)c2c1. The van der Waals surface area contributed by atoms with E-state index in [2.05, 4.69) is 25.8 Å². The Hall–Kier alpha value is -1.67. The van der Waals surface area contributed by atoms with Crippen molar-refractivity contribution in [1.82, 2.24) is 14.5 Å². The van der Waals surface area contributed by atoms with Crippen molar-refractivity contribution in [3.8, 4) is 5.75 Å². The molecule has 1 aliphatic heterocycles. The van der Waals surface area contributed by atoms with E-state index in [0.717, 1.165) is 9.86 Å². The zero-order valence-corrected chi connectivity index (χ0v) is 12.1. The summed E-state index contributed by atoms with van der Waals surface area (Å²) in [7, 11) is -0.0235. The number of fused-ring (bicyclic) bond motifs is 1. The summed E-state index contributed by atoms with van der Waals surface area (Å²) in [4.78, 5) is 11.2. The van der Waals surface area contributed by atoms with Crippen molar-refractivity contribution in [2.45, 2.75) is 0 Å². The minimum atomic E-state index is -1.59. The lowest BCUT2D eigenvalue weighted by Crippen LogP contribution is -2.17. The normalized spacial score (nSPS) is 18.5. The van der Waals surface area contributed by atoms with Gasteiger partial charge in [-0.05, 0) is 22.0 Å². The number of methoxy groups -OCH3 is 1. The van der Waals surface area contributed by atoms with Crippen molar-refractivity contribution in [3.05, 3.63) is 28.9 Å². The van der Waals surface area contributed by atoms with E-state index in [4.69, 9.17) is 4.74 Å². The van der Waals surface area contributed by atoms with E-state index in [9.17, 15) is 9.00 Å². The van der Waals surface area contributed by atoms with E-state index in [1.807, 2.05) is 6.07 Å². The van der Waals surface area contributed by atoms with Crippen molar-refractivity contribution in [1.29, 1.82) is 0 Å². The molecule has 1 unspecified atom stereocenters. The molecule has 1 atom stereocenters. The van der Waals surface area contributed by atoms with E-state index in [1.165, 1.54) is 10.8 Å². The van der Waals surface area contributed by atoms with Gasteiger partial charge in [-0.15, -0.1) is 0 Å². The number of ether oxygens (including phenoxy) is 1. The quantitative estimate of drug-likeness (QED) is 0.895. The van der Waals surface area contributed by atoms with Crippen LogP contribution in [-0.4, -0.2) is 27.0 Å².